The van der Waals surface area contributed by atoms with Crippen molar-refractivity contribution >= 4 is 34.7 Å². The molecule has 1 N–H and O–H groups in total. The molecule has 0 radical (unpaired) electrons. The molecule has 0 saturated heterocycles. The number of thiophene rings is 1. The summed E-state index contributed by atoms with van der Waals surface area (Å²) in [6.45, 7) is 5.79. The summed E-state index contributed by atoms with van der Waals surface area (Å²) in [6.07, 6.45) is 4.18. The minimum atomic E-state index is -0.482. The van der Waals surface area contributed by atoms with Crippen molar-refractivity contribution in [2.75, 3.05) is 10.7 Å². The summed E-state index contributed by atoms with van der Waals surface area (Å²) in [5, 5.41) is 7.44. The molecule has 0 fully saturated rings. The quantitative estimate of drug-likeness (QED) is 0.319. The van der Waals surface area contributed by atoms with Gasteiger partial charge in [-0.2, -0.15) is 0 Å². The first-order valence-electron chi connectivity index (χ1n) is 10.6. The maximum absolute atomic E-state index is 13.2. The first-order chi connectivity index (χ1) is 15.0. The molecule has 0 bridgehead atoms. The lowest BCUT2D eigenvalue weighted by atomic mass is 10.0. The van der Waals surface area contributed by atoms with E-state index < -0.39 is 6.17 Å². The van der Waals surface area contributed by atoms with E-state index in [4.69, 9.17) is 5.10 Å². The fraction of sp³-hybridized carbons (Fsp3) is 0.391. The number of H-pyrrole nitrogens is 1. The first kappa shape index (κ1) is 21.8. The summed E-state index contributed by atoms with van der Waals surface area (Å²) in [6, 6.07) is 9.59. The highest BCUT2D eigenvalue weighted by Crippen LogP contribution is 2.39. The van der Waals surface area contributed by atoms with Crippen molar-refractivity contribution in [2.45, 2.75) is 57.8 Å². The molecule has 2 aromatic heterocycles. The third-order valence-electron chi connectivity index (χ3n) is 5.47. The van der Waals surface area contributed by atoms with Gasteiger partial charge in [0.15, 0.2) is 0 Å². The van der Waals surface area contributed by atoms with Crippen LogP contribution in [0.1, 0.15) is 56.1 Å². The Labute approximate surface area is 190 Å². The van der Waals surface area contributed by atoms with Crippen molar-refractivity contribution in [2.24, 2.45) is 0 Å². The summed E-state index contributed by atoms with van der Waals surface area (Å²) in [4.78, 5) is 31.8. The van der Waals surface area contributed by atoms with Gasteiger partial charge in [-0.25, -0.2) is 4.90 Å². The summed E-state index contributed by atoms with van der Waals surface area (Å²) in [5.41, 5.74) is 2.84. The van der Waals surface area contributed by atoms with Crippen molar-refractivity contribution < 1.29 is 9.48 Å². The largest absolute Gasteiger partial charge is 0.325 e. The van der Waals surface area contributed by atoms with Crippen LogP contribution in [0.25, 0.3) is 11.3 Å². The van der Waals surface area contributed by atoms with Crippen molar-refractivity contribution in [3.8, 4) is 11.3 Å². The zero-order valence-corrected chi connectivity index (χ0v) is 19.7. The predicted molar refractivity (Wildman–Crippen MR) is 126 cm³/mol. The molecule has 0 saturated carbocycles. The fourth-order valence-electron chi connectivity index (χ4n) is 3.96. The molecular formula is C23H27N4O2S2+. The smallest absolute Gasteiger partial charge is 0.291 e. The number of nitrogens with zero attached hydrogens (tertiary/aromatic N) is 3. The molecule has 3 heterocycles. The number of amides is 1. The Morgan fingerprint density at radius 3 is 2.77 bits per heavy atom. The van der Waals surface area contributed by atoms with E-state index in [0.717, 1.165) is 33.9 Å². The Balaban J connectivity index is 1.84. The highest BCUT2D eigenvalue weighted by atomic mass is 32.2. The Hall–Kier alpha value is -2.45. The number of aromatic nitrogens is 3. The molecule has 6 nitrogen and oxygen atoms in total. The van der Waals surface area contributed by atoms with Crippen LogP contribution in [0.3, 0.4) is 0 Å². The van der Waals surface area contributed by atoms with E-state index in [0.29, 0.717) is 10.9 Å². The Morgan fingerprint density at radius 2 is 2.06 bits per heavy atom. The molecule has 0 aliphatic carbocycles. The lowest BCUT2D eigenvalue weighted by Gasteiger charge is -2.31. The average Bonchev–Trinajstić information content (AvgIpc) is 3.17. The fourth-order valence-corrected chi connectivity index (χ4v) is 5.81. The highest BCUT2D eigenvalue weighted by molar-refractivity contribution is 7.99. The van der Waals surface area contributed by atoms with Gasteiger partial charge in [0, 0.05) is 17.8 Å². The molecule has 1 aliphatic rings. The Bertz CT molecular complexity index is 1150. The van der Waals surface area contributed by atoms with Gasteiger partial charge in [0.2, 0.25) is 11.1 Å². The van der Waals surface area contributed by atoms with Crippen LogP contribution in [0.15, 0.2) is 45.7 Å². The number of aryl methyl sites for hydroxylation is 1. The number of aromatic amines is 1. The van der Waals surface area contributed by atoms with E-state index in [1.807, 2.05) is 42.6 Å². The van der Waals surface area contributed by atoms with E-state index in [9.17, 15) is 9.59 Å². The number of para-hydroxylation sites is 1. The molecule has 1 amide bonds. The molecule has 8 heteroatoms. The summed E-state index contributed by atoms with van der Waals surface area (Å²) < 4.78 is 1.75. The zero-order chi connectivity index (χ0) is 22.0. The van der Waals surface area contributed by atoms with Crippen LogP contribution in [0.4, 0.5) is 5.69 Å². The lowest BCUT2D eigenvalue weighted by molar-refractivity contribution is -0.762. The number of nitrogens with one attached hydrogen (secondary N) is 1. The van der Waals surface area contributed by atoms with E-state index >= 15 is 0 Å². The van der Waals surface area contributed by atoms with Gasteiger partial charge in [0.05, 0.1) is 11.3 Å². The minimum absolute atomic E-state index is 0.0840. The number of carbonyl (C=O) groups is 1. The number of carbonyl (C=O) groups excluding carboxylic acids is 1. The highest BCUT2D eigenvalue weighted by Gasteiger charge is 2.45. The van der Waals surface area contributed by atoms with Crippen molar-refractivity contribution in [1.29, 1.82) is 0 Å². The van der Waals surface area contributed by atoms with Gasteiger partial charge in [-0.05, 0) is 47.2 Å². The van der Waals surface area contributed by atoms with Gasteiger partial charge >= 0.3 is 17.4 Å². The molecule has 0 spiro atoms. The van der Waals surface area contributed by atoms with Gasteiger partial charge in [0.1, 0.15) is 4.88 Å². The molecule has 1 unspecified atom stereocenters. The van der Waals surface area contributed by atoms with E-state index in [1.165, 1.54) is 19.3 Å². The zero-order valence-electron chi connectivity index (χ0n) is 18.1. The predicted octanol–water partition coefficient (Wildman–Crippen LogP) is 4.68. The van der Waals surface area contributed by atoms with Crippen LogP contribution in [-0.4, -0.2) is 21.7 Å². The van der Waals surface area contributed by atoms with Crippen LogP contribution in [0.5, 0.6) is 0 Å². The van der Waals surface area contributed by atoms with Gasteiger partial charge < -0.3 is 0 Å². The number of hydrogen-bond acceptors (Lipinski definition) is 5. The molecule has 4 rings (SSSR count). The second kappa shape index (κ2) is 9.36. The third-order valence-corrected chi connectivity index (χ3v) is 7.48. The average molecular weight is 456 g/mol. The van der Waals surface area contributed by atoms with E-state index in [2.05, 4.69) is 11.9 Å². The molecule has 3 aromatic rings. The number of thioether (sulfide) groups is 1. The topological polar surface area (TPSA) is 69.9 Å². The van der Waals surface area contributed by atoms with Gasteiger partial charge in [-0.1, -0.05) is 50.1 Å². The number of rotatable bonds is 7. The number of anilines is 1. The summed E-state index contributed by atoms with van der Waals surface area (Å²) >= 11 is 3.15. The van der Waals surface area contributed by atoms with Crippen molar-refractivity contribution in [3.63, 3.8) is 0 Å². The van der Waals surface area contributed by atoms with Crippen LogP contribution in [0, 0.1) is 6.92 Å². The van der Waals surface area contributed by atoms with E-state index in [-0.39, 0.29) is 11.5 Å². The summed E-state index contributed by atoms with van der Waals surface area (Å²) in [5.74, 6) is 0.817. The van der Waals surface area contributed by atoms with Gasteiger partial charge in [0.25, 0.3) is 0 Å². The standard InChI is InChI=1S/C23H26N4O2S2/c1-4-5-6-9-13-31-23-24-21(29)19-17-10-7-8-11-18(17)26(16(3)28)22(27(19)25-23)20-15(2)12-14-30-20/h7-8,10-12,14,22H,4-6,9,13H2,1-3H3/p+1. The molecule has 31 heavy (non-hydrogen) atoms. The maximum atomic E-state index is 13.2. The van der Waals surface area contributed by atoms with Crippen molar-refractivity contribution in [1.82, 2.24) is 10.1 Å². The molecule has 162 valence electrons. The lowest BCUT2D eigenvalue weighted by Crippen LogP contribution is -2.60. The number of unbranched alkanes of at least 4 members (excludes halogenated alkanes) is 3. The van der Waals surface area contributed by atoms with Crippen LogP contribution < -0.4 is 15.1 Å². The maximum Gasteiger partial charge on any atom is 0.325 e. The normalized spacial score (nSPS) is 14.9. The van der Waals surface area contributed by atoms with E-state index in [1.54, 1.807) is 39.6 Å². The van der Waals surface area contributed by atoms with Gasteiger partial charge in [-0.3, -0.25) is 14.6 Å². The molecule has 1 aromatic carbocycles. The Morgan fingerprint density at radius 1 is 1.26 bits per heavy atom. The Kier molecular flexibility index (Phi) is 6.57. The first-order valence-corrected chi connectivity index (χ1v) is 12.5. The van der Waals surface area contributed by atoms with Gasteiger partial charge in [-0.15, -0.1) is 11.3 Å². The SMILES string of the molecule is CCCCCCSc1n[n+]2c(c(=O)[nH]1)-c1ccccc1N(C(C)=O)C2c1sccc1C. The van der Waals surface area contributed by atoms with Crippen LogP contribution >= 0.6 is 23.1 Å². The minimum Gasteiger partial charge on any atom is -0.291 e. The second-order valence-corrected chi connectivity index (χ2v) is 9.74. The number of benzene rings is 1. The molecule has 1 aliphatic heterocycles. The second-order valence-electron chi connectivity index (χ2n) is 7.71. The monoisotopic (exact) mass is 455 g/mol. The van der Waals surface area contributed by atoms with Crippen molar-refractivity contribution in [3.05, 3.63) is 56.5 Å². The molecule has 1 atom stereocenters. The summed E-state index contributed by atoms with van der Waals surface area (Å²) in [7, 11) is 0. The number of fused-ring (bicyclic) bond motifs is 3. The number of hydrogen-bond donors (Lipinski definition) is 1. The van der Waals surface area contributed by atoms with Crippen LogP contribution in [0.2, 0.25) is 0 Å². The third kappa shape index (κ3) is 4.19. The van der Waals surface area contributed by atoms with Crippen LogP contribution in [-0.2, 0) is 4.79 Å². The molecular weight excluding hydrogens is 428 g/mol.